The molecule has 1 aromatic carbocycles. The first-order valence-corrected chi connectivity index (χ1v) is 14.8. The van der Waals surface area contributed by atoms with E-state index >= 15 is 0 Å². The van der Waals surface area contributed by atoms with Crippen molar-refractivity contribution < 1.29 is 56.1 Å². The van der Waals surface area contributed by atoms with Gasteiger partial charge in [-0.05, 0) is 77.9 Å². The number of ether oxygens (including phenoxy) is 6. The molecule has 0 N–H and O–H groups in total. The summed E-state index contributed by atoms with van der Waals surface area (Å²) in [7, 11) is 0.759. The van der Waals surface area contributed by atoms with Gasteiger partial charge in [0.15, 0.2) is 11.5 Å². The summed E-state index contributed by atoms with van der Waals surface area (Å²) in [4.78, 5) is 25.7. The first-order chi connectivity index (χ1) is 19.4. The molecule has 0 bridgehead atoms. The Balaban J connectivity index is 1.79. The Kier molecular flexibility index (Phi) is 11.3. The number of hydrogen-bond donors (Lipinski definition) is 0. The van der Waals surface area contributed by atoms with Gasteiger partial charge in [0, 0.05) is 17.9 Å². The highest BCUT2D eigenvalue weighted by Crippen LogP contribution is 2.55. The monoisotopic (exact) mass is 601 g/mol. The van der Waals surface area contributed by atoms with Crippen LogP contribution in [0.3, 0.4) is 0 Å². The molecular formula is C27H40NO12P. The maximum Gasteiger partial charge on any atom is 0.535 e. The van der Waals surface area contributed by atoms with Crippen LogP contribution in [0.15, 0.2) is 30.0 Å². The van der Waals surface area contributed by atoms with E-state index in [0.717, 1.165) is 18.5 Å². The van der Waals surface area contributed by atoms with Crippen molar-refractivity contribution in [3.05, 3.63) is 35.6 Å². The van der Waals surface area contributed by atoms with E-state index in [1.807, 2.05) is 31.3 Å². The average molecular weight is 602 g/mol. The Labute approximate surface area is 240 Å². The van der Waals surface area contributed by atoms with E-state index in [2.05, 4.69) is 4.90 Å². The normalized spacial score (nSPS) is 20.7. The number of benzene rings is 1. The second kappa shape index (κ2) is 14.3. The van der Waals surface area contributed by atoms with Crippen LogP contribution in [-0.4, -0.2) is 76.9 Å². The van der Waals surface area contributed by atoms with E-state index in [1.165, 1.54) is 0 Å². The molecule has 3 rings (SSSR count). The fourth-order valence-corrected chi connectivity index (χ4v) is 5.88. The predicted octanol–water partition coefficient (Wildman–Crippen LogP) is 5.52. The number of methoxy groups -OCH3 is 2. The Morgan fingerprint density at radius 2 is 1.54 bits per heavy atom. The van der Waals surface area contributed by atoms with Crippen LogP contribution in [0.25, 0.3) is 0 Å². The van der Waals surface area contributed by atoms with Gasteiger partial charge in [-0.2, -0.15) is 0 Å². The second-order valence-corrected chi connectivity index (χ2v) is 11.8. The van der Waals surface area contributed by atoms with Crippen molar-refractivity contribution in [2.24, 2.45) is 0 Å². The van der Waals surface area contributed by atoms with E-state index in [9.17, 15) is 14.2 Å². The van der Waals surface area contributed by atoms with Crippen LogP contribution in [0, 0.1) is 0 Å². The summed E-state index contributed by atoms with van der Waals surface area (Å²) in [5.74, 6) is 1.63. The van der Waals surface area contributed by atoms with Crippen molar-refractivity contribution in [1.82, 2.24) is 4.90 Å². The van der Waals surface area contributed by atoms with Crippen LogP contribution in [0.4, 0.5) is 9.59 Å². The molecule has 0 unspecified atom stereocenters. The lowest BCUT2D eigenvalue weighted by Crippen LogP contribution is -2.42. The quantitative estimate of drug-likeness (QED) is 0.159. The molecule has 2 atom stereocenters. The zero-order valence-corrected chi connectivity index (χ0v) is 25.5. The highest BCUT2D eigenvalue weighted by Gasteiger charge is 2.49. The first kappa shape index (κ1) is 32.5. The van der Waals surface area contributed by atoms with E-state index in [0.29, 0.717) is 30.1 Å². The molecule has 1 heterocycles. The Morgan fingerprint density at radius 3 is 2.07 bits per heavy atom. The largest absolute Gasteiger partial charge is 0.535 e. The highest BCUT2D eigenvalue weighted by atomic mass is 31.2. The lowest BCUT2D eigenvalue weighted by molar-refractivity contribution is -0.0427. The summed E-state index contributed by atoms with van der Waals surface area (Å²) >= 11 is 0. The zero-order valence-electron chi connectivity index (χ0n) is 24.6. The third-order valence-corrected chi connectivity index (χ3v) is 8.04. The maximum absolute atomic E-state index is 13.6. The zero-order chi connectivity index (χ0) is 30.2. The Hall–Kier alpha value is -2.99. The third-order valence-electron chi connectivity index (χ3n) is 6.74. The van der Waals surface area contributed by atoms with Crippen molar-refractivity contribution in [2.75, 3.05) is 41.4 Å². The average Bonchev–Trinajstić information content (AvgIpc) is 3.24. The summed E-state index contributed by atoms with van der Waals surface area (Å²) in [6, 6.07) is 5.81. The predicted molar refractivity (Wildman–Crippen MR) is 146 cm³/mol. The van der Waals surface area contributed by atoms with Crippen molar-refractivity contribution in [1.29, 1.82) is 0 Å². The molecule has 13 nitrogen and oxygen atoms in total. The van der Waals surface area contributed by atoms with Crippen molar-refractivity contribution in [2.45, 2.75) is 70.6 Å². The Morgan fingerprint density at radius 1 is 0.951 bits per heavy atom. The van der Waals surface area contributed by atoms with E-state index in [4.69, 9.17) is 42.0 Å². The van der Waals surface area contributed by atoms with Gasteiger partial charge in [0.05, 0.1) is 26.4 Å². The maximum atomic E-state index is 13.6. The van der Waals surface area contributed by atoms with Crippen LogP contribution in [0.1, 0.15) is 52.5 Å². The van der Waals surface area contributed by atoms with Gasteiger partial charge in [0.25, 0.3) is 0 Å². The molecule has 0 radical (unpaired) electrons. The fraction of sp³-hybridized carbons (Fsp3) is 0.630. The summed E-state index contributed by atoms with van der Waals surface area (Å²) in [5.41, 5.74) is 0.838. The number of likely N-dealkylation sites (N-methyl/N-ethyl adjacent to an activating group) is 1. The SMILES string of the molecule is COc1ccc([C@@]23CCC(OP(=O)(OCOC(=O)OC(C)C)OCOC(=O)OC(C)C)=C[C@@H]2N(C)CC3)cc1OC. The number of allylic oxidation sites excluding steroid dienone is 1. The van der Waals surface area contributed by atoms with Crippen molar-refractivity contribution >= 4 is 20.1 Å². The van der Waals surface area contributed by atoms with Gasteiger partial charge in [-0.3, -0.25) is 4.90 Å². The number of fused-ring (bicyclic) bond motifs is 1. The lowest BCUT2D eigenvalue weighted by Gasteiger charge is -2.40. The number of rotatable bonds is 13. The molecule has 0 spiro atoms. The van der Waals surface area contributed by atoms with E-state index < -0.39 is 45.9 Å². The summed E-state index contributed by atoms with van der Waals surface area (Å²) in [6.07, 6.45) is 0.941. The van der Waals surface area contributed by atoms with Gasteiger partial charge in [0.2, 0.25) is 13.6 Å². The van der Waals surface area contributed by atoms with Gasteiger partial charge < -0.3 is 32.9 Å². The van der Waals surface area contributed by atoms with Crippen LogP contribution < -0.4 is 9.47 Å². The number of likely N-dealkylation sites (tertiary alicyclic amines) is 1. The van der Waals surface area contributed by atoms with E-state index in [-0.39, 0.29) is 11.5 Å². The number of carbonyl (C=O) groups is 2. The lowest BCUT2D eigenvalue weighted by atomic mass is 9.68. The van der Waals surface area contributed by atoms with E-state index in [1.54, 1.807) is 41.9 Å². The molecule has 2 aliphatic rings. The molecule has 1 saturated heterocycles. The number of phosphoric ester groups is 1. The molecule has 14 heteroatoms. The minimum Gasteiger partial charge on any atom is -0.493 e. The molecule has 0 aromatic heterocycles. The Bertz CT molecular complexity index is 1110. The number of nitrogens with zero attached hydrogens (tertiary/aromatic N) is 1. The minimum absolute atomic E-state index is 0.104. The van der Waals surface area contributed by atoms with Crippen LogP contribution >= 0.6 is 7.82 Å². The molecule has 41 heavy (non-hydrogen) atoms. The summed E-state index contributed by atoms with van der Waals surface area (Å²) in [6.45, 7) is 5.83. The van der Waals surface area contributed by atoms with Crippen molar-refractivity contribution in [3.8, 4) is 11.5 Å². The molecular weight excluding hydrogens is 561 g/mol. The second-order valence-electron chi connectivity index (χ2n) is 10.2. The topological polar surface area (TPSA) is 138 Å². The molecule has 230 valence electrons. The van der Waals surface area contributed by atoms with Crippen molar-refractivity contribution in [3.63, 3.8) is 0 Å². The smallest absolute Gasteiger partial charge is 0.493 e. The third kappa shape index (κ3) is 8.51. The van der Waals surface area contributed by atoms with Crippen LogP contribution in [0.5, 0.6) is 11.5 Å². The van der Waals surface area contributed by atoms with Gasteiger partial charge in [0.1, 0.15) is 5.76 Å². The molecule has 0 saturated carbocycles. The van der Waals surface area contributed by atoms with Gasteiger partial charge in [-0.1, -0.05) is 6.07 Å². The number of carbonyl (C=O) groups excluding carboxylic acids is 2. The summed E-state index contributed by atoms with van der Waals surface area (Å²) < 4.78 is 60.1. The molecule has 0 amide bonds. The molecule has 1 aromatic rings. The standard InChI is InChI=1S/C27H40NO12P/c1-18(2)38-25(29)34-16-36-41(31,37-17-35-26(30)39-19(3)4)40-21-10-11-27(12-13-28(5)24(27)15-21)20-8-9-22(32-6)23(14-20)33-7/h8-9,14-15,18-19,24H,10-13,16-17H2,1-7H3/t24-,27-/m0/s1. The van der Waals surface area contributed by atoms with Gasteiger partial charge in [-0.15, -0.1) is 0 Å². The van der Waals surface area contributed by atoms with Crippen LogP contribution in [0.2, 0.25) is 0 Å². The highest BCUT2D eigenvalue weighted by molar-refractivity contribution is 7.48. The molecule has 1 fully saturated rings. The minimum atomic E-state index is -4.43. The fourth-order valence-electron chi connectivity index (χ4n) is 4.90. The summed E-state index contributed by atoms with van der Waals surface area (Å²) in [5, 5.41) is 0. The number of hydrogen-bond acceptors (Lipinski definition) is 13. The van der Waals surface area contributed by atoms with Crippen LogP contribution in [-0.2, 0) is 42.5 Å². The van der Waals surface area contributed by atoms with Gasteiger partial charge >= 0.3 is 20.1 Å². The first-order valence-electron chi connectivity index (χ1n) is 13.3. The molecule has 1 aliphatic carbocycles. The molecule has 1 aliphatic heterocycles. The van der Waals surface area contributed by atoms with Gasteiger partial charge in [-0.25, -0.2) is 23.2 Å². The number of phosphoric acid groups is 1.